The van der Waals surface area contributed by atoms with E-state index in [9.17, 15) is 4.79 Å². The Hall–Kier alpha value is -1.55. The first-order valence-electron chi connectivity index (χ1n) is 7.22. The van der Waals surface area contributed by atoms with Gasteiger partial charge in [0.1, 0.15) is 11.9 Å². The third-order valence-corrected chi connectivity index (χ3v) is 3.89. The first kappa shape index (κ1) is 14.9. The lowest BCUT2D eigenvalue weighted by Crippen LogP contribution is -2.41. The Bertz CT molecular complexity index is 473. The molecule has 1 aliphatic rings. The Morgan fingerprint density at radius 3 is 2.90 bits per heavy atom. The summed E-state index contributed by atoms with van der Waals surface area (Å²) in [4.78, 5) is 12.8. The topological polar surface area (TPSA) is 49.8 Å². The third-order valence-electron chi connectivity index (χ3n) is 3.89. The Balaban J connectivity index is 1.88. The minimum absolute atomic E-state index is 0.166. The molecule has 1 atom stereocenters. The van der Waals surface area contributed by atoms with Gasteiger partial charge in [-0.25, -0.2) is 0 Å². The van der Waals surface area contributed by atoms with Crippen LogP contribution in [0.25, 0.3) is 0 Å². The Kier molecular flexibility index (Phi) is 5.01. The van der Waals surface area contributed by atoms with Crippen molar-refractivity contribution in [3.05, 3.63) is 29.3 Å². The lowest BCUT2D eigenvalue weighted by molar-refractivity contribution is -0.137. The molecule has 1 heterocycles. The second-order valence-corrected chi connectivity index (χ2v) is 5.57. The monoisotopic (exact) mass is 277 g/mol. The van der Waals surface area contributed by atoms with Gasteiger partial charge in [-0.05, 0) is 56.5 Å². The molecule has 1 N–H and O–H groups in total. The summed E-state index contributed by atoms with van der Waals surface area (Å²) in [5.41, 5.74) is 2.50. The molecule has 0 aliphatic carbocycles. The summed E-state index contributed by atoms with van der Waals surface area (Å²) in [7, 11) is 0. The number of carboxylic acids is 1. The highest BCUT2D eigenvalue weighted by atomic mass is 16.5. The summed E-state index contributed by atoms with van der Waals surface area (Å²) < 4.78 is 6.04. The minimum atomic E-state index is -0.734. The average molecular weight is 277 g/mol. The number of carbonyl (C=O) groups is 1. The van der Waals surface area contributed by atoms with Crippen LogP contribution < -0.4 is 4.74 Å². The van der Waals surface area contributed by atoms with Gasteiger partial charge in [0.2, 0.25) is 0 Å². The molecule has 110 valence electrons. The van der Waals surface area contributed by atoms with Crippen molar-refractivity contribution in [2.75, 3.05) is 19.6 Å². The molecule has 4 heteroatoms. The van der Waals surface area contributed by atoms with E-state index in [1.807, 2.05) is 6.07 Å². The van der Waals surface area contributed by atoms with Gasteiger partial charge in [-0.1, -0.05) is 6.07 Å². The lowest BCUT2D eigenvalue weighted by atomic mass is 10.1. The molecular weight excluding hydrogens is 254 g/mol. The van der Waals surface area contributed by atoms with E-state index in [-0.39, 0.29) is 12.5 Å². The van der Waals surface area contributed by atoms with Gasteiger partial charge < -0.3 is 9.84 Å². The van der Waals surface area contributed by atoms with Crippen molar-refractivity contribution < 1.29 is 14.6 Å². The molecule has 20 heavy (non-hydrogen) atoms. The molecule has 0 spiro atoms. The number of aryl methyl sites for hydroxylation is 2. The molecule has 0 saturated carbocycles. The van der Waals surface area contributed by atoms with E-state index >= 15 is 0 Å². The van der Waals surface area contributed by atoms with Crippen LogP contribution in [0.3, 0.4) is 0 Å². The van der Waals surface area contributed by atoms with Crippen LogP contribution in [0.4, 0.5) is 0 Å². The van der Waals surface area contributed by atoms with Gasteiger partial charge in [-0.2, -0.15) is 0 Å². The summed E-state index contributed by atoms with van der Waals surface area (Å²) in [6, 6.07) is 6.17. The Morgan fingerprint density at radius 1 is 1.40 bits per heavy atom. The number of benzene rings is 1. The number of piperidine rings is 1. The predicted octanol–water partition coefficient (Wildman–Crippen LogP) is 2.62. The van der Waals surface area contributed by atoms with Crippen LogP contribution in [0.2, 0.25) is 0 Å². The fraction of sp³-hybridized carbons (Fsp3) is 0.562. The first-order chi connectivity index (χ1) is 9.54. The van der Waals surface area contributed by atoms with Gasteiger partial charge in [0.25, 0.3) is 0 Å². The van der Waals surface area contributed by atoms with Gasteiger partial charge >= 0.3 is 5.97 Å². The highest BCUT2D eigenvalue weighted by Crippen LogP contribution is 2.21. The number of rotatable bonds is 5. The van der Waals surface area contributed by atoms with E-state index in [1.165, 1.54) is 11.1 Å². The molecule has 1 fully saturated rings. The van der Waals surface area contributed by atoms with Crippen LogP contribution in [0.5, 0.6) is 5.75 Å². The second-order valence-electron chi connectivity index (χ2n) is 5.57. The van der Waals surface area contributed by atoms with Crippen LogP contribution in [0.1, 0.15) is 30.4 Å². The molecule has 0 bridgehead atoms. The zero-order valence-electron chi connectivity index (χ0n) is 12.3. The number of aliphatic carboxylic acids is 1. The summed E-state index contributed by atoms with van der Waals surface area (Å²) >= 11 is 0. The number of ether oxygens (including phenoxy) is 1. The zero-order chi connectivity index (χ0) is 14.5. The summed E-state index contributed by atoms with van der Waals surface area (Å²) in [6.45, 7) is 6.58. The largest absolute Gasteiger partial charge is 0.489 e. The van der Waals surface area contributed by atoms with Crippen molar-refractivity contribution in [2.45, 2.75) is 39.2 Å². The van der Waals surface area contributed by atoms with Gasteiger partial charge in [0.15, 0.2) is 0 Å². The van der Waals surface area contributed by atoms with Crippen molar-refractivity contribution in [1.82, 2.24) is 4.90 Å². The van der Waals surface area contributed by atoms with Crippen molar-refractivity contribution in [3.63, 3.8) is 0 Å². The number of carboxylic acid groups (broad SMARTS) is 1. The minimum Gasteiger partial charge on any atom is -0.489 e. The number of hydrogen-bond acceptors (Lipinski definition) is 3. The lowest BCUT2D eigenvalue weighted by Gasteiger charge is -2.32. The summed E-state index contributed by atoms with van der Waals surface area (Å²) in [5, 5.41) is 8.74. The van der Waals surface area contributed by atoms with E-state index in [2.05, 4.69) is 30.9 Å². The van der Waals surface area contributed by atoms with E-state index in [0.29, 0.717) is 6.54 Å². The fourth-order valence-corrected chi connectivity index (χ4v) is 2.55. The van der Waals surface area contributed by atoms with E-state index in [0.717, 1.165) is 31.7 Å². The van der Waals surface area contributed by atoms with Crippen LogP contribution in [0, 0.1) is 13.8 Å². The average Bonchev–Trinajstić information content (AvgIpc) is 2.41. The maximum absolute atomic E-state index is 10.6. The van der Waals surface area contributed by atoms with Crippen LogP contribution >= 0.6 is 0 Å². The van der Waals surface area contributed by atoms with Crippen LogP contribution in [-0.2, 0) is 4.79 Å². The summed E-state index contributed by atoms with van der Waals surface area (Å²) in [5.74, 6) is 0.181. The van der Waals surface area contributed by atoms with Crippen molar-refractivity contribution in [2.24, 2.45) is 0 Å². The molecule has 0 amide bonds. The molecule has 0 radical (unpaired) electrons. The Morgan fingerprint density at radius 2 is 2.20 bits per heavy atom. The standard InChI is InChI=1S/C16H23NO3/c1-12-5-6-14(10-13(12)2)20-15-4-3-8-17(11-15)9-7-16(18)19/h5-6,10,15H,3-4,7-9,11H2,1-2H3,(H,18,19). The van der Waals surface area contributed by atoms with Gasteiger partial charge in [0, 0.05) is 13.1 Å². The van der Waals surface area contributed by atoms with E-state index < -0.39 is 5.97 Å². The highest BCUT2D eigenvalue weighted by molar-refractivity contribution is 5.66. The number of hydrogen-bond donors (Lipinski definition) is 1. The molecule has 1 aromatic carbocycles. The molecule has 1 aliphatic heterocycles. The van der Waals surface area contributed by atoms with Gasteiger partial charge in [-0.3, -0.25) is 9.69 Å². The third kappa shape index (κ3) is 4.23. The maximum Gasteiger partial charge on any atom is 0.304 e. The van der Waals surface area contributed by atoms with Crippen molar-refractivity contribution >= 4 is 5.97 Å². The molecule has 1 saturated heterocycles. The molecule has 1 unspecified atom stereocenters. The van der Waals surface area contributed by atoms with Gasteiger partial charge in [0.05, 0.1) is 6.42 Å². The molecule has 4 nitrogen and oxygen atoms in total. The summed E-state index contributed by atoms with van der Waals surface area (Å²) in [6.07, 6.45) is 2.47. The zero-order valence-corrected chi connectivity index (χ0v) is 12.3. The first-order valence-corrected chi connectivity index (χ1v) is 7.22. The second kappa shape index (κ2) is 6.75. The van der Waals surface area contributed by atoms with E-state index in [4.69, 9.17) is 9.84 Å². The maximum atomic E-state index is 10.6. The molecule has 0 aromatic heterocycles. The van der Waals surface area contributed by atoms with Crippen LogP contribution in [-0.4, -0.2) is 41.7 Å². The van der Waals surface area contributed by atoms with E-state index in [1.54, 1.807) is 0 Å². The number of nitrogens with zero attached hydrogens (tertiary/aromatic N) is 1. The Labute approximate surface area is 120 Å². The molecule has 2 rings (SSSR count). The fourth-order valence-electron chi connectivity index (χ4n) is 2.55. The van der Waals surface area contributed by atoms with Crippen LogP contribution in [0.15, 0.2) is 18.2 Å². The molecular formula is C16H23NO3. The smallest absolute Gasteiger partial charge is 0.304 e. The highest BCUT2D eigenvalue weighted by Gasteiger charge is 2.21. The van der Waals surface area contributed by atoms with Gasteiger partial charge in [-0.15, -0.1) is 0 Å². The normalized spacial score (nSPS) is 19.8. The van der Waals surface area contributed by atoms with Crippen molar-refractivity contribution in [1.29, 1.82) is 0 Å². The predicted molar refractivity (Wildman–Crippen MR) is 78.3 cm³/mol. The number of likely N-dealkylation sites (tertiary alicyclic amines) is 1. The SMILES string of the molecule is Cc1ccc(OC2CCCN(CCC(=O)O)C2)cc1C. The molecule has 1 aromatic rings. The van der Waals surface area contributed by atoms with Crippen molar-refractivity contribution in [3.8, 4) is 5.75 Å². The quantitative estimate of drug-likeness (QED) is 0.899.